The molecule has 0 fully saturated rings. The number of hydrogen-bond acceptors (Lipinski definition) is 3. The average Bonchev–Trinajstić information content (AvgIpc) is 2.43. The van der Waals surface area contributed by atoms with Crippen LogP contribution >= 0.6 is 11.6 Å². The third-order valence-electron chi connectivity index (χ3n) is 2.68. The number of para-hydroxylation sites is 2. The highest BCUT2D eigenvalue weighted by atomic mass is 35.5. The zero-order valence-corrected chi connectivity index (χ0v) is 11.9. The quantitative estimate of drug-likeness (QED) is 0.919. The molecule has 4 nitrogen and oxygen atoms in total. The third-order valence-corrected chi connectivity index (χ3v) is 3.11. The summed E-state index contributed by atoms with van der Waals surface area (Å²) in [6.45, 7) is 1.84. The van der Waals surface area contributed by atoms with E-state index in [0.29, 0.717) is 22.2 Å². The Hall–Kier alpha value is -2.20. The van der Waals surface area contributed by atoms with Crippen molar-refractivity contribution in [3.63, 3.8) is 0 Å². The second kappa shape index (κ2) is 6.30. The lowest BCUT2D eigenvalue weighted by atomic mass is 10.2. The van der Waals surface area contributed by atoms with E-state index in [1.165, 1.54) is 7.11 Å². The SMILES string of the molecule is COc1ccccc1NC(=O)Oc1ccc(Cl)c(C)c1. The Balaban J connectivity index is 2.07. The summed E-state index contributed by atoms with van der Waals surface area (Å²) in [4.78, 5) is 11.8. The van der Waals surface area contributed by atoms with E-state index in [4.69, 9.17) is 21.1 Å². The van der Waals surface area contributed by atoms with E-state index in [9.17, 15) is 4.79 Å². The zero-order valence-electron chi connectivity index (χ0n) is 11.1. The summed E-state index contributed by atoms with van der Waals surface area (Å²) in [5.74, 6) is 0.996. The van der Waals surface area contributed by atoms with Gasteiger partial charge in [0.2, 0.25) is 0 Å². The van der Waals surface area contributed by atoms with E-state index in [1.54, 1.807) is 36.4 Å². The van der Waals surface area contributed by atoms with Gasteiger partial charge in [0, 0.05) is 5.02 Å². The van der Waals surface area contributed by atoms with E-state index in [0.717, 1.165) is 5.56 Å². The highest BCUT2D eigenvalue weighted by Gasteiger charge is 2.09. The molecule has 1 N–H and O–H groups in total. The van der Waals surface area contributed by atoms with Crippen LogP contribution in [0.4, 0.5) is 10.5 Å². The Morgan fingerprint density at radius 2 is 1.95 bits per heavy atom. The molecule has 0 heterocycles. The van der Waals surface area contributed by atoms with Gasteiger partial charge in [-0.25, -0.2) is 4.79 Å². The van der Waals surface area contributed by atoms with Crippen molar-refractivity contribution in [1.82, 2.24) is 0 Å². The van der Waals surface area contributed by atoms with Gasteiger partial charge in [0.25, 0.3) is 0 Å². The van der Waals surface area contributed by atoms with Gasteiger partial charge < -0.3 is 9.47 Å². The highest BCUT2D eigenvalue weighted by molar-refractivity contribution is 6.31. The summed E-state index contributed by atoms with van der Waals surface area (Å²) in [7, 11) is 1.54. The number of nitrogens with one attached hydrogen (secondary N) is 1. The molecule has 20 heavy (non-hydrogen) atoms. The van der Waals surface area contributed by atoms with Crippen molar-refractivity contribution >= 4 is 23.4 Å². The van der Waals surface area contributed by atoms with E-state index in [2.05, 4.69) is 5.32 Å². The van der Waals surface area contributed by atoms with Crippen molar-refractivity contribution in [2.24, 2.45) is 0 Å². The number of aryl methyl sites for hydroxylation is 1. The summed E-state index contributed by atoms with van der Waals surface area (Å²) in [6, 6.07) is 12.1. The number of rotatable bonds is 3. The van der Waals surface area contributed by atoms with Crippen molar-refractivity contribution in [2.75, 3.05) is 12.4 Å². The molecule has 0 bridgehead atoms. The lowest BCUT2D eigenvalue weighted by Crippen LogP contribution is -2.17. The van der Waals surface area contributed by atoms with E-state index in [-0.39, 0.29) is 0 Å². The number of hydrogen-bond donors (Lipinski definition) is 1. The minimum atomic E-state index is -0.587. The Morgan fingerprint density at radius 3 is 2.65 bits per heavy atom. The summed E-state index contributed by atoms with van der Waals surface area (Å²) >= 11 is 5.91. The summed E-state index contributed by atoms with van der Waals surface area (Å²) < 4.78 is 10.3. The van der Waals surface area contributed by atoms with Crippen LogP contribution in [0.2, 0.25) is 5.02 Å². The molecule has 0 spiro atoms. The number of benzene rings is 2. The Kier molecular flexibility index (Phi) is 4.48. The van der Waals surface area contributed by atoms with Gasteiger partial charge in [0.05, 0.1) is 12.8 Å². The van der Waals surface area contributed by atoms with Crippen LogP contribution in [-0.2, 0) is 0 Å². The van der Waals surface area contributed by atoms with Crippen LogP contribution in [0.5, 0.6) is 11.5 Å². The molecule has 0 aliphatic heterocycles. The Bertz CT molecular complexity index is 628. The lowest BCUT2D eigenvalue weighted by Gasteiger charge is -2.10. The third kappa shape index (κ3) is 3.42. The van der Waals surface area contributed by atoms with Crippen LogP contribution in [0.1, 0.15) is 5.56 Å². The molecule has 0 saturated heterocycles. The number of carbonyl (C=O) groups excluding carboxylic acids is 1. The molecule has 5 heteroatoms. The van der Waals surface area contributed by atoms with Gasteiger partial charge in [0.15, 0.2) is 0 Å². The molecule has 0 saturated carbocycles. The van der Waals surface area contributed by atoms with Gasteiger partial charge >= 0.3 is 6.09 Å². The van der Waals surface area contributed by atoms with E-state index in [1.807, 2.05) is 13.0 Å². The maximum Gasteiger partial charge on any atom is 0.417 e. The van der Waals surface area contributed by atoms with Gasteiger partial charge in [-0.15, -0.1) is 0 Å². The maximum absolute atomic E-state index is 11.8. The van der Waals surface area contributed by atoms with Crippen LogP contribution in [0.25, 0.3) is 0 Å². The normalized spacial score (nSPS) is 9.95. The van der Waals surface area contributed by atoms with Gasteiger partial charge in [-0.2, -0.15) is 0 Å². The van der Waals surface area contributed by atoms with Crippen LogP contribution in [-0.4, -0.2) is 13.2 Å². The number of anilines is 1. The topological polar surface area (TPSA) is 47.6 Å². The average molecular weight is 292 g/mol. The van der Waals surface area contributed by atoms with Crippen molar-refractivity contribution in [2.45, 2.75) is 6.92 Å². The Morgan fingerprint density at radius 1 is 1.20 bits per heavy atom. The molecule has 2 aromatic rings. The lowest BCUT2D eigenvalue weighted by molar-refractivity contribution is 0.215. The zero-order chi connectivity index (χ0) is 14.5. The van der Waals surface area contributed by atoms with Crippen LogP contribution in [0.15, 0.2) is 42.5 Å². The van der Waals surface area contributed by atoms with Gasteiger partial charge in [-0.05, 0) is 42.8 Å². The predicted molar refractivity (Wildman–Crippen MR) is 78.8 cm³/mol. The van der Waals surface area contributed by atoms with Crippen molar-refractivity contribution in [1.29, 1.82) is 0 Å². The molecule has 0 atom stereocenters. The second-order valence-electron chi connectivity index (χ2n) is 4.13. The number of amides is 1. The largest absolute Gasteiger partial charge is 0.495 e. The van der Waals surface area contributed by atoms with Gasteiger partial charge in [0.1, 0.15) is 11.5 Å². The van der Waals surface area contributed by atoms with E-state index < -0.39 is 6.09 Å². The van der Waals surface area contributed by atoms with Crippen molar-refractivity contribution in [3.05, 3.63) is 53.1 Å². The van der Waals surface area contributed by atoms with Gasteiger partial charge in [-0.1, -0.05) is 23.7 Å². The minimum Gasteiger partial charge on any atom is -0.495 e. The molecular weight excluding hydrogens is 278 g/mol. The smallest absolute Gasteiger partial charge is 0.417 e. The summed E-state index contributed by atoms with van der Waals surface area (Å²) in [5, 5.41) is 3.25. The van der Waals surface area contributed by atoms with Crippen LogP contribution < -0.4 is 14.8 Å². The highest BCUT2D eigenvalue weighted by Crippen LogP contribution is 2.24. The van der Waals surface area contributed by atoms with E-state index >= 15 is 0 Å². The molecule has 1 amide bonds. The molecule has 0 radical (unpaired) electrons. The fourth-order valence-electron chi connectivity index (χ4n) is 1.67. The predicted octanol–water partition coefficient (Wildman–Crippen LogP) is 4.27. The monoisotopic (exact) mass is 291 g/mol. The van der Waals surface area contributed by atoms with Crippen molar-refractivity contribution < 1.29 is 14.3 Å². The molecule has 2 aromatic carbocycles. The molecule has 104 valence electrons. The molecule has 0 aliphatic rings. The summed E-state index contributed by atoms with van der Waals surface area (Å²) in [6.07, 6.45) is -0.587. The fourth-order valence-corrected chi connectivity index (χ4v) is 1.79. The Labute approximate surface area is 122 Å². The first kappa shape index (κ1) is 14.2. The molecule has 0 unspecified atom stereocenters. The van der Waals surface area contributed by atoms with Crippen LogP contribution in [0.3, 0.4) is 0 Å². The fraction of sp³-hybridized carbons (Fsp3) is 0.133. The second-order valence-corrected chi connectivity index (χ2v) is 4.53. The first-order valence-electron chi connectivity index (χ1n) is 5.98. The summed E-state index contributed by atoms with van der Waals surface area (Å²) in [5.41, 5.74) is 1.39. The molecule has 0 aliphatic carbocycles. The number of carbonyl (C=O) groups is 1. The number of methoxy groups -OCH3 is 1. The first-order valence-corrected chi connectivity index (χ1v) is 6.36. The molecular formula is C15H14ClNO3. The number of ether oxygens (including phenoxy) is 2. The van der Waals surface area contributed by atoms with Gasteiger partial charge in [-0.3, -0.25) is 5.32 Å². The van der Waals surface area contributed by atoms with Crippen LogP contribution in [0, 0.1) is 6.92 Å². The standard InChI is InChI=1S/C15H14ClNO3/c1-10-9-11(7-8-12(10)16)20-15(18)17-13-5-3-4-6-14(13)19-2/h3-9H,1-2H3,(H,17,18). The van der Waals surface area contributed by atoms with Crippen molar-refractivity contribution in [3.8, 4) is 11.5 Å². The molecule has 0 aromatic heterocycles. The number of halogens is 1. The first-order chi connectivity index (χ1) is 9.60. The minimum absolute atomic E-state index is 0.430. The molecule has 2 rings (SSSR count). The maximum atomic E-state index is 11.8.